The highest BCUT2D eigenvalue weighted by molar-refractivity contribution is 7.98. The fourth-order valence-electron chi connectivity index (χ4n) is 3.20. The Kier molecular flexibility index (Phi) is 6.73. The summed E-state index contributed by atoms with van der Waals surface area (Å²) in [7, 11) is 1.54. The topological polar surface area (TPSA) is 84.3 Å². The van der Waals surface area contributed by atoms with Gasteiger partial charge in [0.25, 0.3) is 5.56 Å². The number of nitrogens with one attached hydrogen (secondary N) is 1. The smallest absolute Gasteiger partial charge is 0.263 e. The molecule has 0 saturated heterocycles. The van der Waals surface area contributed by atoms with Crippen LogP contribution in [0.25, 0.3) is 20.7 Å². The average molecular weight is 485 g/mol. The molecule has 0 saturated carbocycles. The summed E-state index contributed by atoms with van der Waals surface area (Å²) in [5, 5.41) is 7.22. The van der Waals surface area contributed by atoms with Gasteiger partial charge in [0.05, 0.1) is 23.9 Å². The quantitative estimate of drug-likeness (QED) is 0.401. The predicted molar refractivity (Wildman–Crippen MR) is 132 cm³/mol. The maximum absolute atomic E-state index is 13.1. The molecule has 0 bridgehead atoms. The minimum Gasteiger partial charge on any atom is -0.335 e. The number of nitrogens with zero attached hydrogens (tertiary/aromatic N) is 3. The molecule has 0 aliphatic rings. The largest absolute Gasteiger partial charge is 0.335 e. The Balaban J connectivity index is 1.47. The van der Waals surface area contributed by atoms with Crippen molar-refractivity contribution in [3.8, 4) is 10.4 Å². The van der Waals surface area contributed by atoms with Gasteiger partial charge in [-0.05, 0) is 29.8 Å². The molecule has 0 spiro atoms. The first-order valence-corrected chi connectivity index (χ1v) is 12.6. The van der Waals surface area contributed by atoms with Crippen LogP contribution in [0, 0.1) is 0 Å². The number of para-hydroxylation sites is 1. The maximum atomic E-state index is 13.1. The maximum Gasteiger partial charge on any atom is 0.263 e. The van der Waals surface area contributed by atoms with Crippen LogP contribution in [-0.2, 0) is 16.1 Å². The molecule has 0 aliphatic heterocycles. The normalized spacial score (nSPS) is 10.9. The lowest BCUT2D eigenvalue weighted by atomic mass is 10.2. The number of benzene rings is 1. The molecule has 0 aliphatic carbocycles. The lowest BCUT2D eigenvalue weighted by molar-refractivity contribution is -0.133. The third-order valence-electron chi connectivity index (χ3n) is 4.84. The van der Waals surface area contributed by atoms with E-state index in [1.807, 2.05) is 53.4 Å². The van der Waals surface area contributed by atoms with Crippen LogP contribution in [0.1, 0.15) is 0 Å². The number of anilines is 1. The summed E-state index contributed by atoms with van der Waals surface area (Å²) in [4.78, 5) is 46.5. The van der Waals surface area contributed by atoms with E-state index >= 15 is 0 Å². The fraction of sp³-hybridized carbons (Fsp3) is 0.182. The molecule has 7 nitrogen and oxygen atoms in total. The van der Waals surface area contributed by atoms with E-state index in [4.69, 9.17) is 0 Å². The summed E-state index contributed by atoms with van der Waals surface area (Å²) in [6.07, 6.45) is 3.32. The van der Waals surface area contributed by atoms with Crippen LogP contribution in [0.3, 0.4) is 0 Å². The first kappa shape index (κ1) is 22.3. The van der Waals surface area contributed by atoms with Gasteiger partial charge in [0.15, 0.2) is 0 Å². The van der Waals surface area contributed by atoms with Crippen LogP contribution in [0.15, 0.2) is 63.2 Å². The van der Waals surface area contributed by atoms with Gasteiger partial charge in [-0.3, -0.25) is 19.0 Å². The molecule has 10 heteroatoms. The fourth-order valence-corrected chi connectivity index (χ4v) is 5.48. The molecule has 1 aromatic carbocycles. The molecule has 1 N–H and O–H groups in total. The zero-order valence-corrected chi connectivity index (χ0v) is 19.9. The monoisotopic (exact) mass is 484 g/mol. The van der Waals surface area contributed by atoms with Gasteiger partial charge in [-0.2, -0.15) is 0 Å². The summed E-state index contributed by atoms with van der Waals surface area (Å²) >= 11 is 4.48. The van der Waals surface area contributed by atoms with Gasteiger partial charge in [-0.15, -0.1) is 34.4 Å². The number of carbonyl (C=O) groups excluding carboxylic acids is 2. The Morgan fingerprint density at radius 2 is 2.00 bits per heavy atom. The number of carbonyl (C=O) groups is 2. The summed E-state index contributed by atoms with van der Waals surface area (Å²) in [6.45, 7) is -0.308. The molecule has 3 heterocycles. The second-order valence-electron chi connectivity index (χ2n) is 6.98. The number of rotatable bonds is 7. The summed E-state index contributed by atoms with van der Waals surface area (Å²) in [6, 6.07) is 11.4. The molecule has 0 fully saturated rings. The molecule has 4 rings (SSSR count). The average Bonchev–Trinajstić information content (AvgIpc) is 3.45. The molecule has 0 unspecified atom stereocenters. The molecule has 0 atom stereocenters. The number of hydrogen-bond acceptors (Lipinski definition) is 7. The number of likely N-dealkylation sites (N-methyl/N-ethyl adjacent to an activating group) is 1. The summed E-state index contributed by atoms with van der Waals surface area (Å²) in [5.41, 5.74) is 1.27. The molecule has 0 radical (unpaired) electrons. The van der Waals surface area contributed by atoms with E-state index in [-0.39, 0.29) is 30.5 Å². The number of fused-ring (bicyclic) bond motifs is 1. The second-order valence-corrected chi connectivity index (χ2v) is 9.64. The third-order valence-corrected chi connectivity index (χ3v) is 7.43. The summed E-state index contributed by atoms with van der Waals surface area (Å²) in [5.74, 6) is -0.657. The zero-order valence-electron chi connectivity index (χ0n) is 17.4. The Bertz CT molecular complexity index is 1330. The van der Waals surface area contributed by atoms with Crippen molar-refractivity contribution in [3.63, 3.8) is 0 Å². The van der Waals surface area contributed by atoms with E-state index < -0.39 is 0 Å². The van der Waals surface area contributed by atoms with Crippen molar-refractivity contribution in [2.75, 3.05) is 25.2 Å². The highest BCUT2D eigenvalue weighted by Crippen LogP contribution is 2.33. The zero-order chi connectivity index (χ0) is 22.7. The molecular formula is C22H20N4O3S3. The van der Waals surface area contributed by atoms with Gasteiger partial charge in [-0.1, -0.05) is 18.2 Å². The Morgan fingerprint density at radius 3 is 2.75 bits per heavy atom. The molecule has 4 aromatic rings. The van der Waals surface area contributed by atoms with E-state index in [0.29, 0.717) is 15.9 Å². The molecule has 2 amide bonds. The van der Waals surface area contributed by atoms with Crippen LogP contribution >= 0.6 is 34.4 Å². The van der Waals surface area contributed by atoms with Gasteiger partial charge >= 0.3 is 0 Å². The van der Waals surface area contributed by atoms with Gasteiger partial charge in [0.2, 0.25) is 11.8 Å². The lowest BCUT2D eigenvalue weighted by Gasteiger charge is -2.18. The van der Waals surface area contributed by atoms with Crippen molar-refractivity contribution in [2.45, 2.75) is 11.4 Å². The van der Waals surface area contributed by atoms with Crippen LogP contribution in [0.5, 0.6) is 0 Å². The van der Waals surface area contributed by atoms with E-state index in [1.54, 1.807) is 18.4 Å². The van der Waals surface area contributed by atoms with Crippen LogP contribution in [0.4, 0.5) is 5.69 Å². The minimum absolute atomic E-state index is 0.120. The Labute approximate surface area is 196 Å². The van der Waals surface area contributed by atoms with E-state index in [2.05, 4.69) is 10.3 Å². The van der Waals surface area contributed by atoms with E-state index in [1.165, 1.54) is 38.9 Å². The Hall–Kier alpha value is -2.95. The molecular weight excluding hydrogens is 464 g/mol. The number of hydrogen-bond donors (Lipinski definition) is 1. The van der Waals surface area contributed by atoms with Gasteiger partial charge in [0, 0.05) is 27.8 Å². The molecule has 164 valence electrons. The number of aromatic nitrogens is 2. The van der Waals surface area contributed by atoms with E-state index in [9.17, 15) is 14.4 Å². The number of amides is 2. The lowest BCUT2D eigenvalue weighted by Crippen LogP contribution is -2.38. The van der Waals surface area contributed by atoms with Crippen LogP contribution < -0.4 is 10.9 Å². The SMILES string of the molecule is CSc1ccccc1NC(=O)CN(C)C(=O)Cn1cnc2scc(-c3cccs3)c2c1=O. The van der Waals surface area contributed by atoms with Crippen LogP contribution in [-0.4, -0.2) is 46.1 Å². The molecule has 32 heavy (non-hydrogen) atoms. The standard InChI is InChI=1S/C22H20N4O3S3/c1-25(10-18(27)24-15-6-3-4-7-17(15)30-2)19(28)11-26-13-23-21-20(22(26)29)14(12-32-21)16-8-5-9-31-16/h3-9,12-13H,10-11H2,1-2H3,(H,24,27). The predicted octanol–water partition coefficient (Wildman–Crippen LogP) is 4.01. The highest BCUT2D eigenvalue weighted by Gasteiger charge is 2.18. The van der Waals surface area contributed by atoms with Gasteiger partial charge in [0.1, 0.15) is 11.4 Å². The van der Waals surface area contributed by atoms with Gasteiger partial charge in [-0.25, -0.2) is 4.98 Å². The third kappa shape index (κ3) is 4.62. The summed E-state index contributed by atoms with van der Waals surface area (Å²) < 4.78 is 1.30. The van der Waals surface area contributed by atoms with Crippen molar-refractivity contribution in [2.24, 2.45) is 0 Å². The first-order chi connectivity index (χ1) is 15.5. The van der Waals surface area contributed by atoms with Crippen molar-refractivity contribution < 1.29 is 9.59 Å². The molecule has 3 aromatic heterocycles. The van der Waals surface area contributed by atoms with Crippen molar-refractivity contribution in [3.05, 3.63) is 63.8 Å². The number of thioether (sulfide) groups is 1. The van der Waals surface area contributed by atoms with Crippen molar-refractivity contribution >= 4 is 62.2 Å². The van der Waals surface area contributed by atoms with Gasteiger partial charge < -0.3 is 10.2 Å². The van der Waals surface area contributed by atoms with E-state index in [0.717, 1.165) is 15.3 Å². The number of thiophene rings is 2. The van der Waals surface area contributed by atoms with Crippen molar-refractivity contribution in [1.29, 1.82) is 0 Å². The first-order valence-electron chi connectivity index (χ1n) is 9.65. The van der Waals surface area contributed by atoms with Crippen LogP contribution in [0.2, 0.25) is 0 Å². The Morgan fingerprint density at radius 1 is 1.19 bits per heavy atom. The second kappa shape index (κ2) is 9.68. The highest BCUT2D eigenvalue weighted by atomic mass is 32.2. The van der Waals surface area contributed by atoms with Crippen molar-refractivity contribution in [1.82, 2.24) is 14.5 Å². The minimum atomic E-state index is -0.352.